The zero-order valence-electron chi connectivity index (χ0n) is 14.9. The summed E-state index contributed by atoms with van der Waals surface area (Å²) in [4.78, 5) is 47.5. The molecule has 18 nitrogen and oxygen atoms in total. The van der Waals surface area contributed by atoms with Gasteiger partial charge in [-0.3, -0.25) is 18.2 Å². The summed E-state index contributed by atoms with van der Waals surface area (Å²) in [6.07, 6.45) is -6.24. The van der Waals surface area contributed by atoms with Crippen molar-refractivity contribution in [2.45, 2.75) is 24.7 Å². The van der Waals surface area contributed by atoms with Crippen molar-refractivity contribution in [3.8, 4) is 0 Å². The van der Waals surface area contributed by atoms with Crippen LogP contribution in [-0.2, 0) is 31.8 Å². The van der Waals surface area contributed by atoms with Crippen molar-refractivity contribution < 1.29 is 61.6 Å². The average Bonchev–Trinajstić information content (AvgIpc) is 3.16. The van der Waals surface area contributed by atoms with E-state index in [0.717, 1.165) is 17.2 Å². The maximum atomic E-state index is 12.1. The van der Waals surface area contributed by atoms with Crippen LogP contribution < -0.4 is 5.73 Å². The lowest BCUT2D eigenvalue weighted by Crippen LogP contribution is -2.32. The molecule has 2 aromatic heterocycles. The summed E-state index contributed by atoms with van der Waals surface area (Å²) in [5, 5.41) is 20.3. The number of aliphatic hydroxyl groups is 2. The van der Waals surface area contributed by atoms with E-state index in [1.807, 2.05) is 0 Å². The number of ether oxygens (including phenoxy) is 1. The first kappa shape index (κ1) is 24.3. The number of phosphoric acid groups is 2. The minimum absolute atomic E-state index is 0.0209. The van der Waals surface area contributed by atoms with Gasteiger partial charge in [0.25, 0.3) is 0 Å². The molecule has 6 atom stereocenters. The lowest BCUT2D eigenvalue weighted by molar-refractivity contribution is -0.129. The summed E-state index contributed by atoms with van der Waals surface area (Å²) >= 11 is 0. The zero-order chi connectivity index (χ0) is 23.2. The van der Waals surface area contributed by atoms with E-state index in [1.165, 1.54) is 0 Å². The van der Waals surface area contributed by atoms with Gasteiger partial charge in [-0.05, 0) is 0 Å². The van der Waals surface area contributed by atoms with Crippen LogP contribution >= 0.6 is 23.2 Å². The lowest BCUT2D eigenvalue weighted by Gasteiger charge is -2.20. The maximum absolute atomic E-state index is 12.1. The topological polar surface area (TPSA) is 279 Å². The van der Waals surface area contributed by atoms with E-state index < -0.39 is 54.3 Å². The van der Waals surface area contributed by atoms with E-state index in [-0.39, 0.29) is 17.0 Å². The monoisotopic (exact) mass is 507 g/mol. The molecule has 174 valence electrons. The van der Waals surface area contributed by atoms with Crippen LogP contribution in [0.25, 0.3) is 11.2 Å². The molecule has 3 heterocycles. The Morgan fingerprint density at radius 2 is 1.77 bits per heavy atom. The smallest absolute Gasteiger partial charge is 0.385 e. The second-order valence-corrected chi connectivity index (χ2v) is 10.6. The highest BCUT2D eigenvalue weighted by Gasteiger charge is 2.48. The van der Waals surface area contributed by atoms with Crippen molar-refractivity contribution >= 4 is 40.2 Å². The number of imidazole rings is 1. The number of aliphatic hydroxyl groups excluding tert-OH is 2. The number of hydrogen-bond acceptors (Lipinski definition) is 13. The summed E-state index contributed by atoms with van der Waals surface area (Å²) in [5.74, 6) is 0.0209. The Kier molecular flexibility index (Phi) is 6.68. The van der Waals surface area contributed by atoms with Crippen LogP contribution in [0.4, 0.5) is 5.82 Å². The standard InChI is InChI=1S/C10H16N5O13P3/c11-7-4-8(13-1-12-7)15(2-14-4)9-5(16)6(17)10(26-9)27-29(18,19)3-25-31(23,24)28-30(20,21)22/h1-2,5-6,9-10,16-17H,3H2,(H,18,19)(H,23,24)(H2,11,12,13)(H2,20,21,22). The third kappa shape index (κ3) is 5.71. The van der Waals surface area contributed by atoms with Gasteiger partial charge in [-0.15, -0.1) is 0 Å². The van der Waals surface area contributed by atoms with Gasteiger partial charge in [0.15, 0.2) is 30.3 Å². The van der Waals surface area contributed by atoms with Crippen molar-refractivity contribution in [2.75, 3.05) is 12.1 Å². The molecule has 8 N–H and O–H groups in total. The highest BCUT2D eigenvalue weighted by atomic mass is 31.3. The molecule has 1 aliphatic heterocycles. The van der Waals surface area contributed by atoms with Gasteiger partial charge >= 0.3 is 23.2 Å². The number of fused-ring (bicyclic) bond motifs is 1. The Labute approximate surface area is 171 Å². The summed E-state index contributed by atoms with van der Waals surface area (Å²) in [5.41, 5.74) is 5.92. The number of anilines is 1. The molecule has 31 heavy (non-hydrogen) atoms. The predicted molar refractivity (Wildman–Crippen MR) is 95.5 cm³/mol. The first-order valence-corrected chi connectivity index (χ1v) is 12.7. The third-order valence-electron chi connectivity index (χ3n) is 3.72. The first-order valence-electron chi connectivity index (χ1n) is 7.88. The molecule has 0 spiro atoms. The molecule has 6 unspecified atom stereocenters. The van der Waals surface area contributed by atoms with Crippen LogP contribution in [0.2, 0.25) is 0 Å². The molecule has 2 aromatic rings. The number of nitrogen functional groups attached to an aromatic ring is 1. The Bertz CT molecular complexity index is 1100. The van der Waals surface area contributed by atoms with Crippen molar-refractivity contribution in [1.29, 1.82) is 0 Å². The van der Waals surface area contributed by atoms with Crippen molar-refractivity contribution in [2.24, 2.45) is 0 Å². The molecular formula is C10H16N5O13P3. The molecular weight excluding hydrogens is 491 g/mol. The highest BCUT2D eigenvalue weighted by Crippen LogP contribution is 2.60. The molecule has 1 saturated heterocycles. The van der Waals surface area contributed by atoms with Gasteiger partial charge in [-0.1, -0.05) is 0 Å². The molecule has 3 rings (SSSR count). The second kappa shape index (κ2) is 8.53. The molecule has 0 amide bonds. The van der Waals surface area contributed by atoms with E-state index >= 15 is 0 Å². The zero-order valence-corrected chi connectivity index (χ0v) is 17.6. The van der Waals surface area contributed by atoms with E-state index in [4.69, 9.17) is 25.2 Å². The lowest BCUT2D eigenvalue weighted by atomic mass is 10.2. The minimum Gasteiger partial charge on any atom is -0.385 e. The van der Waals surface area contributed by atoms with Gasteiger partial charge in [0.05, 0.1) is 6.33 Å². The normalized spacial score (nSPS) is 28.5. The number of aromatic nitrogens is 4. The van der Waals surface area contributed by atoms with Gasteiger partial charge in [0.2, 0.25) is 0 Å². The van der Waals surface area contributed by atoms with E-state index in [2.05, 4.69) is 28.3 Å². The van der Waals surface area contributed by atoms with Gasteiger partial charge in [-0.2, -0.15) is 4.31 Å². The van der Waals surface area contributed by atoms with E-state index in [0.29, 0.717) is 0 Å². The molecule has 1 aliphatic rings. The Balaban J connectivity index is 1.71. The average molecular weight is 507 g/mol. The SMILES string of the molecule is Nc1ncnc2c1ncn2C1OC(OP(=O)(O)COP(=O)(O)OP(=O)(O)O)C(O)C1O. The summed E-state index contributed by atoms with van der Waals surface area (Å²) in [6, 6.07) is 0. The summed E-state index contributed by atoms with van der Waals surface area (Å²) in [7, 11) is -15.9. The molecule has 0 aliphatic carbocycles. The number of rotatable bonds is 8. The van der Waals surface area contributed by atoms with Crippen LogP contribution in [0.3, 0.4) is 0 Å². The van der Waals surface area contributed by atoms with Gasteiger partial charge in [0, 0.05) is 0 Å². The van der Waals surface area contributed by atoms with E-state index in [9.17, 15) is 28.8 Å². The first-order chi connectivity index (χ1) is 14.2. The number of nitrogens with zero attached hydrogens (tertiary/aromatic N) is 4. The van der Waals surface area contributed by atoms with Crippen LogP contribution in [-0.4, -0.2) is 74.2 Å². The summed E-state index contributed by atoms with van der Waals surface area (Å²) in [6.45, 7) is 0. The largest absolute Gasteiger partial charge is 0.481 e. The van der Waals surface area contributed by atoms with Crippen molar-refractivity contribution in [1.82, 2.24) is 19.5 Å². The Hall–Kier alpha value is -1.36. The third-order valence-corrected chi connectivity index (χ3v) is 7.05. The molecule has 0 saturated carbocycles. The fourth-order valence-electron chi connectivity index (χ4n) is 2.50. The molecule has 0 radical (unpaired) electrons. The van der Waals surface area contributed by atoms with Crippen LogP contribution in [0.5, 0.6) is 0 Å². The Morgan fingerprint density at radius 1 is 1.10 bits per heavy atom. The van der Waals surface area contributed by atoms with Crippen LogP contribution in [0, 0.1) is 0 Å². The number of nitrogens with two attached hydrogens (primary N) is 1. The molecule has 0 aromatic carbocycles. The van der Waals surface area contributed by atoms with Gasteiger partial charge in [0.1, 0.15) is 24.1 Å². The second-order valence-electron chi connectivity index (χ2n) is 6.00. The Morgan fingerprint density at radius 3 is 2.42 bits per heavy atom. The summed E-state index contributed by atoms with van der Waals surface area (Å²) < 4.78 is 52.6. The fourth-order valence-corrected chi connectivity index (χ4v) is 5.49. The predicted octanol–water partition coefficient (Wildman–Crippen LogP) is -1.63. The molecule has 0 bridgehead atoms. The quantitative estimate of drug-likeness (QED) is 0.197. The minimum atomic E-state index is -5.45. The maximum Gasteiger partial charge on any atom is 0.481 e. The van der Waals surface area contributed by atoms with Gasteiger partial charge in [-0.25, -0.2) is 24.1 Å². The van der Waals surface area contributed by atoms with Crippen LogP contribution in [0.15, 0.2) is 12.7 Å². The van der Waals surface area contributed by atoms with Crippen molar-refractivity contribution in [3.63, 3.8) is 0 Å². The fraction of sp³-hybridized carbons (Fsp3) is 0.500. The van der Waals surface area contributed by atoms with Crippen molar-refractivity contribution in [3.05, 3.63) is 12.7 Å². The highest BCUT2D eigenvalue weighted by molar-refractivity contribution is 7.61. The molecule has 1 fully saturated rings. The molecule has 21 heteroatoms. The number of phosphoric ester groups is 1. The van der Waals surface area contributed by atoms with Gasteiger partial charge < -0.3 is 40.3 Å². The van der Waals surface area contributed by atoms with E-state index in [1.54, 1.807) is 0 Å². The number of hydrogen-bond donors (Lipinski definition) is 7. The van der Waals surface area contributed by atoms with Crippen LogP contribution in [0.1, 0.15) is 6.23 Å².